The van der Waals surface area contributed by atoms with Crippen LogP contribution >= 0.6 is 0 Å². The second-order valence-corrected chi connectivity index (χ2v) is 5.40. The molecule has 0 bridgehead atoms. The number of hydrogen-bond acceptors (Lipinski definition) is 3. The fourth-order valence-corrected chi connectivity index (χ4v) is 2.59. The number of anilines is 1. The van der Waals surface area contributed by atoms with Gasteiger partial charge in [0.1, 0.15) is 0 Å². The van der Waals surface area contributed by atoms with Crippen LogP contribution in [0.1, 0.15) is 27.3 Å². The van der Waals surface area contributed by atoms with E-state index in [9.17, 15) is 18.0 Å². The number of rotatable bonds is 3. The zero-order valence-corrected chi connectivity index (χ0v) is 12.1. The van der Waals surface area contributed by atoms with E-state index in [1.165, 1.54) is 18.2 Å². The Morgan fingerprint density at radius 3 is 2.96 bits per heavy atom. The van der Waals surface area contributed by atoms with E-state index in [0.717, 1.165) is 24.2 Å². The lowest BCUT2D eigenvalue weighted by Crippen LogP contribution is -2.25. The van der Waals surface area contributed by atoms with Crippen molar-refractivity contribution in [3.63, 3.8) is 0 Å². The molecule has 8 heteroatoms. The molecule has 2 heterocycles. The van der Waals surface area contributed by atoms with E-state index in [1.54, 1.807) is 6.07 Å². The van der Waals surface area contributed by atoms with Gasteiger partial charge in [-0.05, 0) is 17.7 Å². The average molecular weight is 324 g/mol. The van der Waals surface area contributed by atoms with Gasteiger partial charge in [0.25, 0.3) is 5.91 Å². The lowest BCUT2D eigenvalue weighted by molar-refractivity contribution is -0.127. The molecule has 3 N–H and O–H groups in total. The quantitative estimate of drug-likeness (QED) is 0.812. The number of amides is 1. The number of benzene rings is 1. The van der Waals surface area contributed by atoms with Gasteiger partial charge in [0.15, 0.2) is 5.69 Å². The molecule has 23 heavy (non-hydrogen) atoms. The maximum atomic E-state index is 12.4. The molecule has 0 unspecified atom stereocenters. The van der Waals surface area contributed by atoms with Crippen LogP contribution in [0, 0.1) is 0 Å². The number of alkyl halides is 3. The minimum absolute atomic E-state index is 0.0982. The van der Waals surface area contributed by atoms with Gasteiger partial charge in [-0.15, -0.1) is 0 Å². The van der Waals surface area contributed by atoms with Gasteiger partial charge in [-0.25, -0.2) is 0 Å². The lowest BCUT2D eigenvalue weighted by atomic mass is 10.1. The number of halogens is 3. The average Bonchev–Trinajstić information content (AvgIpc) is 2.89. The summed E-state index contributed by atoms with van der Waals surface area (Å²) < 4.78 is 37.3. The largest absolute Gasteiger partial charge is 0.393 e. The van der Waals surface area contributed by atoms with Gasteiger partial charge in [-0.2, -0.15) is 18.3 Å². The highest BCUT2D eigenvalue weighted by atomic mass is 19.4. The Morgan fingerprint density at radius 2 is 2.17 bits per heavy atom. The van der Waals surface area contributed by atoms with Crippen LogP contribution in [0.25, 0.3) is 0 Å². The second kappa shape index (κ2) is 6.04. The van der Waals surface area contributed by atoms with Crippen LogP contribution in [-0.4, -0.2) is 28.8 Å². The predicted octanol–water partition coefficient (Wildman–Crippen LogP) is 2.41. The van der Waals surface area contributed by atoms with E-state index in [4.69, 9.17) is 0 Å². The molecule has 1 amide bonds. The monoisotopic (exact) mass is 324 g/mol. The maximum Gasteiger partial charge on any atom is 0.393 e. The topological polar surface area (TPSA) is 69.8 Å². The van der Waals surface area contributed by atoms with Gasteiger partial charge >= 0.3 is 6.18 Å². The standard InChI is InChI=1S/C15H15F3N4O/c16-15(17,18)7-9-2-1-3-10(6-9)20-14(23)13-11-8-19-5-4-12(11)21-22-13/h1-3,6,19H,4-5,7-8H2,(H,20,23)(H,21,22). The van der Waals surface area contributed by atoms with Crippen molar-refractivity contribution in [3.8, 4) is 0 Å². The molecule has 1 aliphatic rings. The van der Waals surface area contributed by atoms with Crippen LogP contribution in [0.15, 0.2) is 24.3 Å². The molecule has 0 radical (unpaired) electrons. The molecule has 0 saturated heterocycles. The molecule has 3 rings (SSSR count). The van der Waals surface area contributed by atoms with Gasteiger partial charge in [0, 0.05) is 36.5 Å². The summed E-state index contributed by atoms with van der Waals surface area (Å²) in [4.78, 5) is 12.3. The molecule has 1 aromatic heterocycles. The first-order valence-electron chi connectivity index (χ1n) is 7.16. The van der Waals surface area contributed by atoms with E-state index < -0.39 is 18.5 Å². The Balaban J connectivity index is 1.75. The molecule has 2 aromatic rings. The minimum atomic E-state index is -4.28. The van der Waals surface area contributed by atoms with Crippen molar-refractivity contribution < 1.29 is 18.0 Å². The summed E-state index contributed by atoms with van der Waals surface area (Å²) in [5.41, 5.74) is 2.41. The van der Waals surface area contributed by atoms with Crippen LogP contribution in [0.3, 0.4) is 0 Å². The van der Waals surface area contributed by atoms with Crippen molar-refractivity contribution in [1.29, 1.82) is 0 Å². The summed E-state index contributed by atoms with van der Waals surface area (Å²) >= 11 is 0. The summed E-state index contributed by atoms with van der Waals surface area (Å²) in [6.45, 7) is 1.36. The van der Waals surface area contributed by atoms with Crippen molar-refractivity contribution in [2.45, 2.75) is 25.6 Å². The van der Waals surface area contributed by atoms with E-state index in [2.05, 4.69) is 20.8 Å². The first kappa shape index (κ1) is 15.5. The molecular weight excluding hydrogens is 309 g/mol. The molecule has 0 spiro atoms. The Hall–Kier alpha value is -2.35. The van der Waals surface area contributed by atoms with Crippen molar-refractivity contribution in [2.75, 3.05) is 11.9 Å². The molecule has 0 fully saturated rings. The van der Waals surface area contributed by atoms with Gasteiger partial charge in [-0.3, -0.25) is 9.89 Å². The summed E-state index contributed by atoms with van der Waals surface area (Å²) in [6, 6.07) is 5.74. The third-order valence-corrected chi connectivity index (χ3v) is 3.61. The fourth-order valence-electron chi connectivity index (χ4n) is 2.59. The fraction of sp³-hybridized carbons (Fsp3) is 0.333. The minimum Gasteiger partial charge on any atom is -0.321 e. The highest BCUT2D eigenvalue weighted by molar-refractivity contribution is 6.04. The molecule has 1 aromatic carbocycles. The van der Waals surface area contributed by atoms with Crippen LogP contribution < -0.4 is 10.6 Å². The Bertz CT molecular complexity index is 724. The van der Waals surface area contributed by atoms with E-state index in [-0.39, 0.29) is 11.3 Å². The molecular formula is C15H15F3N4O. The number of carbonyl (C=O) groups excluding carboxylic acids is 1. The molecule has 0 saturated carbocycles. The van der Waals surface area contributed by atoms with E-state index in [0.29, 0.717) is 12.2 Å². The highest BCUT2D eigenvalue weighted by Crippen LogP contribution is 2.23. The third kappa shape index (κ3) is 3.70. The number of aromatic amines is 1. The molecule has 122 valence electrons. The first-order valence-corrected chi connectivity index (χ1v) is 7.16. The summed E-state index contributed by atoms with van der Waals surface area (Å²) in [6.07, 6.45) is -4.55. The van der Waals surface area contributed by atoms with Crippen molar-refractivity contribution in [1.82, 2.24) is 15.5 Å². The number of carbonyl (C=O) groups is 1. The van der Waals surface area contributed by atoms with Crippen molar-refractivity contribution >= 4 is 11.6 Å². The Morgan fingerprint density at radius 1 is 1.35 bits per heavy atom. The first-order chi connectivity index (χ1) is 10.9. The summed E-state index contributed by atoms with van der Waals surface area (Å²) in [5, 5.41) is 12.6. The number of nitrogens with one attached hydrogen (secondary N) is 3. The Kier molecular flexibility index (Phi) is 4.08. The molecule has 0 atom stereocenters. The molecule has 5 nitrogen and oxygen atoms in total. The van der Waals surface area contributed by atoms with E-state index >= 15 is 0 Å². The third-order valence-electron chi connectivity index (χ3n) is 3.61. The lowest BCUT2D eigenvalue weighted by Gasteiger charge is -2.13. The zero-order chi connectivity index (χ0) is 16.4. The van der Waals surface area contributed by atoms with E-state index in [1.807, 2.05) is 0 Å². The van der Waals surface area contributed by atoms with Crippen molar-refractivity contribution in [3.05, 3.63) is 46.8 Å². The van der Waals surface area contributed by atoms with Gasteiger partial charge < -0.3 is 10.6 Å². The second-order valence-electron chi connectivity index (χ2n) is 5.40. The maximum absolute atomic E-state index is 12.4. The van der Waals surface area contributed by atoms with Gasteiger partial charge in [-0.1, -0.05) is 12.1 Å². The van der Waals surface area contributed by atoms with Crippen LogP contribution in [0.2, 0.25) is 0 Å². The number of fused-ring (bicyclic) bond motifs is 1. The number of hydrogen-bond donors (Lipinski definition) is 3. The predicted molar refractivity (Wildman–Crippen MR) is 78.2 cm³/mol. The summed E-state index contributed by atoms with van der Waals surface area (Å²) in [7, 11) is 0. The zero-order valence-electron chi connectivity index (χ0n) is 12.1. The number of nitrogens with zero attached hydrogens (tertiary/aromatic N) is 1. The highest BCUT2D eigenvalue weighted by Gasteiger charge is 2.27. The smallest absolute Gasteiger partial charge is 0.321 e. The Labute approximate surface area is 130 Å². The number of aromatic nitrogens is 2. The van der Waals surface area contributed by atoms with Crippen LogP contribution in [-0.2, 0) is 19.4 Å². The van der Waals surface area contributed by atoms with Crippen LogP contribution in [0.4, 0.5) is 18.9 Å². The summed E-state index contributed by atoms with van der Waals surface area (Å²) in [5.74, 6) is -0.435. The normalized spacial score (nSPS) is 14.4. The van der Waals surface area contributed by atoms with Gasteiger partial charge in [0.2, 0.25) is 0 Å². The number of H-pyrrole nitrogens is 1. The molecule has 0 aliphatic carbocycles. The SMILES string of the molecule is O=C(Nc1cccc(CC(F)(F)F)c1)c1n[nH]c2c1CNCC2. The van der Waals surface area contributed by atoms with Gasteiger partial charge in [0.05, 0.1) is 6.42 Å². The van der Waals surface area contributed by atoms with Crippen LogP contribution in [0.5, 0.6) is 0 Å². The molecule has 1 aliphatic heterocycles. The van der Waals surface area contributed by atoms with Crippen molar-refractivity contribution in [2.24, 2.45) is 0 Å².